The number of hydrogen-bond donors (Lipinski definition) is 0. The van der Waals surface area contributed by atoms with Gasteiger partial charge in [-0.1, -0.05) is 0 Å². The largest absolute Gasteiger partial charge is 0.373 e. The molecule has 3 aliphatic heterocycles. The molecular weight excluding hydrogens is 304 g/mol. The second-order valence-electron chi connectivity index (χ2n) is 7.19. The molecule has 3 fully saturated rings. The fraction of sp³-hybridized carbons (Fsp3) is 0.778. The molecule has 3 saturated heterocycles. The lowest BCUT2D eigenvalue weighted by molar-refractivity contribution is -0.0754. The zero-order valence-corrected chi connectivity index (χ0v) is 14.6. The predicted molar refractivity (Wildman–Crippen MR) is 92.3 cm³/mol. The van der Waals surface area contributed by atoms with Crippen LogP contribution in [0.2, 0.25) is 0 Å². The number of aryl methyl sites for hydroxylation is 1. The third kappa shape index (κ3) is 3.41. The van der Waals surface area contributed by atoms with Gasteiger partial charge in [0.2, 0.25) is 0 Å². The maximum Gasteiger partial charge on any atom is 0.151 e. The van der Waals surface area contributed by atoms with Crippen molar-refractivity contribution in [3.05, 3.63) is 17.8 Å². The standard InChI is InChI=1S/C18H28N4O2/c1-14-6-7-17(20-19-14)22-13-16(18-15(22)5-4-11-24-18)23-12-10-21-8-2-3-9-21/h6-7,15-16,18H,2-5,8-13H2,1H3/t15-,16+,18+/m1/s1. The molecule has 0 unspecified atom stereocenters. The van der Waals surface area contributed by atoms with Gasteiger partial charge in [0.15, 0.2) is 5.82 Å². The number of likely N-dealkylation sites (tertiary alicyclic amines) is 1. The minimum atomic E-state index is 0.140. The summed E-state index contributed by atoms with van der Waals surface area (Å²) in [5, 5.41) is 8.61. The Morgan fingerprint density at radius 1 is 1.21 bits per heavy atom. The summed E-state index contributed by atoms with van der Waals surface area (Å²) in [4.78, 5) is 4.84. The molecule has 0 N–H and O–H groups in total. The van der Waals surface area contributed by atoms with Crippen LogP contribution in [0.3, 0.4) is 0 Å². The number of anilines is 1. The Hall–Kier alpha value is -1.24. The van der Waals surface area contributed by atoms with Crippen LogP contribution < -0.4 is 4.90 Å². The van der Waals surface area contributed by atoms with Crippen LogP contribution in [0.1, 0.15) is 31.4 Å². The average molecular weight is 332 g/mol. The molecular formula is C18H28N4O2. The number of nitrogens with zero attached hydrogens (tertiary/aromatic N) is 4. The van der Waals surface area contributed by atoms with Gasteiger partial charge in [0, 0.05) is 19.7 Å². The summed E-state index contributed by atoms with van der Waals surface area (Å²) >= 11 is 0. The van der Waals surface area contributed by atoms with Crippen molar-refractivity contribution in [1.29, 1.82) is 0 Å². The van der Waals surface area contributed by atoms with Gasteiger partial charge in [-0.15, -0.1) is 5.10 Å². The lowest BCUT2D eigenvalue weighted by Crippen LogP contribution is -2.42. The SMILES string of the molecule is Cc1ccc(N2C[C@H](OCCN3CCCC3)[C@H]3OCCC[C@H]32)nn1. The molecule has 6 heteroatoms. The minimum Gasteiger partial charge on any atom is -0.373 e. The number of ether oxygens (including phenoxy) is 2. The number of aromatic nitrogens is 2. The molecule has 4 rings (SSSR count). The van der Waals surface area contributed by atoms with E-state index in [1.165, 1.54) is 25.9 Å². The molecule has 1 aromatic rings. The molecule has 132 valence electrons. The summed E-state index contributed by atoms with van der Waals surface area (Å²) in [6.45, 7) is 7.96. The second kappa shape index (κ2) is 7.33. The van der Waals surface area contributed by atoms with Crippen LogP contribution in [0, 0.1) is 6.92 Å². The van der Waals surface area contributed by atoms with E-state index in [0.717, 1.165) is 50.7 Å². The average Bonchev–Trinajstić information content (AvgIpc) is 3.24. The van der Waals surface area contributed by atoms with E-state index in [-0.39, 0.29) is 12.2 Å². The smallest absolute Gasteiger partial charge is 0.151 e. The quantitative estimate of drug-likeness (QED) is 0.817. The normalized spacial score (nSPS) is 30.7. The van der Waals surface area contributed by atoms with Crippen LogP contribution in [0.25, 0.3) is 0 Å². The number of rotatable bonds is 5. The van der Waals surface area contributed by atoms with Gasteiger partial charge in [0.1, 0.15) is 12.2 Å². The van der Waals surface area contributed by atoms with Crippen LogP contribution >= 0.6 is 0 Å². The van der Waals surface area contributed by atoms with Gasteiger partial charge in [-0.05, 0) is 57.8 Å². The minimum absolute atomic E-state index is 0.140. The Labute approximate surface area is 144 Å². The Balaban J connectivity index is 1.40. The van der Waals surface area contributed by atoms with Crippen LogP contribution in [-0.2, 0) is 9.47 Å². The molecule has 0 bridgehead atoms. The molecule has 0 amide bonds. The fourth-order valence-corrected chi connectivity index (χ4v) is 4.20. The van der Waals surface area contributed by atoms with Gasteiger partial charge >= 0.3 is 0 Å². The zero-order valence-electron chi connectivity index (χ0n) is 14.6. The Morgan fingerprint density at radius 2 is 2.08 bits per heavy atom. The number of fused-ring (bicyclic) bond motifs is 1. The van der Waals surface area contributed by atoms with Gasteiger partial charge in [0.25, 0.3) is 0 Å². The molecule has 24 heavy (non-hydrogen) atoms. The Bertz CT molecular complexity index is 532. The van der Waals surface area contributed by atoms with Crippen molar-refractivity contribution in [2.45, 2.75) is 50.9 Å². The highest BCUT2D eigenvalue weighted by molar-refractivity contribution is 5.42. The topological polar surface area (TPSA) is 50.7 Å². The molecule has 0 spiro atoms. The summed E-state index contributed by atoms with van der Waals surface area (Å²) in [5.74, 6) is 0.951. The first-order valence-corrected chi connectivity index (χ1v) is 9.34. The van der Waals surface area contributed by atoms with Crippen molar-refractivity contribution in [2.75, 3.05) is 44.3 Å². The van der Waals surface area contributed by atoms with Crippen molar-refractivity contribution in [1.82, 2.24) is 15.1 Å². The van der Waals surface area contributed by atoms with E-state index in [4.69, 9.17) is 9.47 Å². The van der Waals surface area contributed by atoms with Crippen molar-refractivity contribution >= 4 is 5.82 Å². The molecule has 6 nitrogen and oxygen atoms in total. The second-order valence-corrected chi connectivity index (χ2v) is 7.19. The van der Waals surface area contributed by atoms with Crippen molar-refractivity contribution in [2.24, 2.45) is 0 Å². The van der Waals surface area contributed by atoms with E-state index in [2.05, 4.69) is 26.1 Å². The van der Waals surface area contributed by atoms with Gasteiger partial charge in [-0.3, -0.25) is 0 Å². The maximum absolute atomic E-state index is 6.25. The highest BCUT2D eigenvalue weighted by atomic mass is 16.5. The van der Waals surface area contributed by atoms with Gasteiger partial charge in [-0.2, -0.15) is 5.10 Å². The molecule has 3 aliphatic rings. The van der Waals surface area contributed by atoms with Gasteiger partial charge in [0.05, 0.1) is 18.3 Å². The van der Waals surface area contributed by atoms with Crippen molar-refractivity contribution < 1.29 is 9.47 Å². The molecule has 1 aromatic heterocycles. The third-order valence-corrected chi connectivity index (χ3v) is 5.49. The van der Waals surface area contributed by atoms with E-state index >= 15 is 0 Å². The van der Waals surface area contributed by atoms with Crippen LogP contribution in [0.5, 0.6) is 0 Å². The van der Waals surface area contributed by atoms with E-state index in [9.17, 15) is 0 Å². The Kier molecular flexibility index (Phi) is 4.96. The maximum atomic E-state index is 6.25. The summed E-state index contributed by atoms with van der Waals surface area (Å²) in [6.07, 6.45) is 5.22. The summed E-state index contributed by atoms with van der Waals surface area (Å²) in [6, 6.07) is 4.47. The highest BCUT2D eigenvalue weighted by Gasteiger charge is 2.45. The zero-order chi connectivity index (χ0) is 16.4. The van der Waals surface area contributed by atoms with Crippen LogP contribution in [0.4, 0.5) is 5.82 Å². The lowest BCUT2D eigenvalue weighted by Gasteiger charge is -2.32. The summed E-state index contributed by atoms with van der Waals surface area (Å²) in [5.41, 5.74) is 0.952. The molecule has 0 aromatic carbocycles. The summed E-state index contributed by atoms with van der Waals surface area (Å²) in [7, 11) is 0. The highest BCUT2D eigenvalue weighted by Crippen LogP contribution is 2.33. The first-order chi connectivity index (χ1) is 11.8. The Morgan fingerprint density at radius 3 is 2.88 bits per heavy atom. The van der Waals surface area contributed by atoms with Crippen LogP contribution in [-0.4, -0.2) is 72.7 Å². The monoisotopic (exact) mass is 332 g/mol. The van der Waals surface area contributed by atoms with E-state index in [1.54, 1.807) is 0 Å². The summed E-state index contributed by atoms with van der Waals surface area (Å²) < 4.78 is 12.3. The predicted octanol–water partition coefficient (Wildman–Crippen LogP) is 1.63. The molecule has 4 heterocycles. The van der Waals surface area contributed by atoms with Gasteiger partial charge < -0.3 is 19.3 Å². The molecule has 0 aliphatic carbocycles. The van der Waals surface area contributed by atoms with E-state index in [1.807, 2.05) is 13.0 Å². The van der Waals surface area contributed by atoms with Crippen molar-refractivity contribution in [3.8, 4) is 0 Å². The lowest BCUT2D eigenvalue weighted by atomic mass is 10.0. The molecule has 0 saturated carbocycles. The molecule has 3 atom stereocenters. The van der Waals surface area contributed by atoms with Crippen molar-refractivity contribution in [3.63, 3.8) is 0 Å². The number of hydrogen-bond acceptors (Lipinski definition) is 6. The van der Waals surface area contributed by atoms with E-state index in [0.29, 0.717) is 6.04 Å². The van der Waals surface area contributed by atoms with Crippen LogP contribution in [0.15, 0.2) is 12.1 Å². The first-order valence-electron chi connectivity index (χ1n) is 9.34. The first kappa shape index (κ1) is 16.2. The molecule has 0 radical (unpaired) electrons. The fourth-order valence-electron chi connectivity index (χ4n) is 4.20. The van der Waals surface area contributed by atoms with Gasteiger partial charge in [-0.25, -0.2) is 0 Å². The third-order valence-electron chi connectivity index (χ3n) is 5.49. The van der Waals surface area contributed by atoms with E-state index < -0.39 is 0 Å².